The summed E-state index contributed by atoms with van der Waals surface area (Å²) in [5.41, 5.74) is 0.416. The monoisotopic (exact) mass is 556 g/mol. The van der Waals surface area contributed by atoms with Crippen molar-refractivity contribution in [3.8, 4) is 0 Å². The van der Waals surface area contributed by atoms with E-state index in [1.54, 1.807) is 0 Å². The molecule has 2 unspecified atom stereocenters. The van der Waals surface area contributed by atoms with Gasteiger partial charge in [0.05, 0.1) is 0 Å². The second kappa shape index (κ2) is 26.4. The van der Waals surface area contributed by atoms with Crippen molar-refractivity contribution in [1.29, 1.82) is 0 Å². The average molecular weight is 556 g/mol. The molecule has 6 nitrogen and oxygen atoms in total. The van der Waals surface area contributed by atoms with E-state index in [1.165, 1.54) is 0 Å². The number of rotatable bonds is 14. The van der Waals surface area contributed by atoms with Gasteiger partial charge in [-0.3, -0.25) is 13.6 Å². The smallest absolute Gasteiger partial charge is 0.677 e. The van der Waals surface area contributed by atoms with Crippen molar-refractivity contribution in [3.05, 3.63) is 21.3 Å². The van der Waals surface area contributed by atoms with Crippen LogP contribution in [0.1, 0.15) is 109 Å². The molecular weight excluding hydrogens is 501 g/mol. The second-order valence-corrected chi connectivity index (χ2v) is 9.73. The van der Waals surface area contributed by atoms with Gasteiger partial charge in [-0.15, -0.1) is 12.1 Å². The molecule has 0 aromatic rings. The Labute approximate surface area is 220 Å². The SMILES string of the molecule is CCC[N-]C([N-]C(C)C)C(C)(C)CC.CCC[N-]C([N-]C(C)C)C(C)(C)CC.[CH-]=O.[CH-]=O.[Ru+6]. The Morgan fingerprint density at radius 3 is 1.00 bits per heavy atom. The van der Waals surface area contributed by atoms with Gasteiger partial charge in [0.2, 0.25) is 0 Å². The molecular formula is C26H54N4O2Ru. The molecule has 0 aromatic carbocycles. The zero-order valence-electron chi connectivity index (χ0n) is 23.7. The summed E-state index contributed by atoms with van der Waals surface area (Å²) in [6.07, 6.45) is 4.83. The second-order valence-electron chi connectivity index (χ2n) is 9.73. The number of nitrogens with zero attached hydrogens (tertiary/aromatic N) is 4. The summed E-state index contributed by atoms with van der Waals surface area (Å²) < 4.78 is 0. The normalized spacial score (nSPS) is 12.8. The standard InChI is InChI=1S/2C12H26N2.2CHO.Ru/c2*1-7-9-13-11(14-10(3)4)12(5,6)8-2;2*1-2;/h2*10-11H,7-9H2,1-6H3;2*1H;/q2*-2;2*-1;+6. The average Bonchev–Trinajstić information content (AvgIpc) is 2.76. The van der Waals surface area contributed by atoms with Gasteiger partial charge in [0.15, 0.2) is 0 Å². The summed E-state index contributed by atoms with van der Waals surface area (Å²) >= 11 is 0. The Bertz CT molecular complexity index is 358. The van der Waals surface area contributed by atoms with Crippen LogP contribution in [0, 0.1) is 10.8 Å². The fourth-order valence-electron chi connectivity index (χ4n) is 2.42. The summed E-state index contributed by atoms with van der Waals surface area (Å²) in [5.74, 6) is 0. The minimum absolute atomic E-state index is 0. The third kappa shape index (κ3) is 24.7. The van der Waals surface area contributed by atoms with Gasteiger partial charge in [0.1, 0.15) is 0 Å². The maximum absolute atomic E-state index is 7.75. The first-order chi connectivity index (χ1) is 14.9. The first kappa shape index (κ1) is 42.9. The zero-order valence-corrected chi connectivity index (χ0v) is 25.4. The maximum Gasteiger partial charge on any atom is 6.00 e. The van der Waals surface area contributed by atoms with Crippen LogP contribution in [0.25, 0.3) is 21.3 Å². The van der Waals surface area contributed by atoms with Gasteiger partial charge >= 0.3 is 19.5 Å². The van der Waals surface area contributed by atoms with Crippen molar-refractivity contribution in [2.75, 3.05) is 13.1 Å². The molecule has 0 saturated carbocycles. The van der Waals surface area contributed by atoms with Crippen molar-refractivity contribution in [3.63, 3.8) is 0 Å². The molecule has 0 aliphatic rings. The first-order valence-electron chi connectivity index (χ1n) is 12.1. The van der Waals surface area contributed by atoms with Crippen LogP contribution in [-0.2, 0) is 29.1 Å². The van der Waals surface area contributed by atoms with E-state index in [0.717, 1.165) is 38.8 Å². The molecule has 0 fully saturated rings. The van der Waals surface area contributed by atoms with Crippen molar-refractivity contribution >= 4 is 13.6 Å². The van der Waals surface area contributed by atoms with Gasteiger partial charge in [0, 0.05) is 0 Å². The van der Waals surface area contributed by atoms with Gasteiger partial charge in [-0.1, -0.05) is 120 Å². The fraction of sp³-hybridized carbons (Fsp3) is 0.923. The molecule has 0 N–H and O–H groups in total. The van der Waals surface area contributed by atoms with Crippen molar-refractivity contribution in [2.24, 2.45) is 10.8 Å². The minimum atomic E-state index is 0. The van der Waals surface area contributed by atoms with Crippen LogP contribution in [-0.4, -0.2) is 51.1 Å². The minimum Gasteiger partial charge on any atom is -0.677 e. The summed E-state index contributed by atoms with van der Waals surface area (Å²) in [6, 6.07) is 0.762. The van der Waals surface area contributed by atoms with E-state index in [2.05, 4.69) is 107 Å². The van der Waals surface area contributed by atoms with Gasteiger partial charge in [0.25, 0.3) is 0 Å². The van der Waals surface area contributed by atoms with E-state index >= 15 is 0 Å². The maximum atomic E-state index is 7.75. The van der Waals surface area contributed by atoms with Crippen LogP contribution >= 0.6 is 0 Å². The Balaban J connectivity index is -0.000000134. The summed E-state index contributed by atoms with van der Waals surface area (Å²) in [5, 5.41) is 18.7. The molecule has 0 aliphatic carbocycles. The first-order valence-corrected chi connectivity index (χ1v) is 12.1. The van der Waals surface area contributed by atoms with Crippen molar-refractivity contribution in [2.45, 2.75) is 133 Å². The van der Waals surface area contributed by atoms with Crippen molar-refractivity contribution < 1.29 is 29.1 Å². The van der Waals surface area contributed by atoms with E-state index in [9.17, 15) is 0 Å². The summed E-state index contributed by atoms with van der Waals surface area (Å²) in [6.45, 7) is 34.6. The van der Waals surface area contributed by atoms with Gasteiger partial charge in [-0.2, -0.15) is 13.1 Å². The van der Waals surface area contributed by atoms with Crippen LogP contribution in [0.4, 0.5) is 0 Å². The van der Waals surface area contributed by atoms with Gasteiger partial charge < -0.3 is 30.9 Å². The van der Waals surface area contributed by atoms with Crippen molar-refractivity contribution in [1.82, 2.24) is 0 Å². The van der Waals surface area contributed by atoms with E-state index in [-0.39, 0.29) is 42.6 Å². The van der Waals surface area contributed by atoms with Crippen LogP contribution in [0.3, 0.4) is 0 Å². The number of hydrogen-bond donors (Lipinski definition) is 0. The molecule has 0 aromatic heterocycles. The van der Waals surface area contributed by atoms with E-state index in [0.29, 0.717) is 12.1 Å². The van der Waals surface area contributed by atoms with Crippen LogP contribution < -0.4 is 0 Å². The molecule has 33 heavy (non-hydrogen) atoms. The molecule has 0 aliphatic heterocycles. The van der Waals surface area contributed by atoms with Crippen LogP contribution in [0.2, 0.25) is 0 Å². The molecule has 0 rings (SSSR count). The molecule has 2 atom stereocenters. The molecule has 0 saturated heterocycles. The van der Waals surface area contributed by atoms with E-state index in [4.69, 9.17) is 20.2 Å². The Kier molecular flexibility index (Phi) is 34.3. The third-order valence-corrected chi connectivity index (χ3v) is 5.15. The molecule has 0 amide bonds. The zero-order chi connectivity index (χ0) is 26.4. The van der Waals surface area contributed by atoms with E-state index in [1.807, 2.05) is 0 Å². The number of hydrogen-bond acceptors (Lipinski definition) is 2. The molecule has 0 radical (unpaired) electrons. The third-order valence-electron chi connectivity index (χ3n) is 5.15. The van der Waals surface area contributed by atoms with Crippen LogP contribution in [0.5, 0.6) is 0 Å². The Hall–Kier alpha value is -0.197. The quantitative estimate of drug-likeness (QED) is 0.123. The Morgan fingerprint density at radius 1 is 0.606 bits per heavy atom. The van der Waals surface area contributed by atoms with Crippen LogP contribution in [0.15, 0.2) is 0 Å². The fourth-order valence-corrected chi connectivity index (χ4v) is 2.42. The summed E-state index contributed by atoms with van der Waals surface area (Å²) in [4.78, 5) is 15.5. The Morgan fingerprint density at radius 2 is 0.848 bits per heavy atom. The topological polar surface area (TPSA) is 90.5 Å². The van der Waals surface area contributed by atoms with E-state index < -0.39 is 0 Å². The van der Waals surface area contributed by atoms with Gasteiger partial charge in [-0.25, -0.2) is 12.3 Å². The predicted octanol–water partition coefficient (Wildman–Crippen LogP) is 8.08. The number of carbonyl (C=O) groups excluding carboxylic acids is 2. The van der Waals surface area contributed by atoms with Gasteiger partial charge in [-0.05, 0) is 0 Å². The molecule has 7 heteroatoms. The molecule has 0 heterocycles. The summed E-state index contributed by atoms with van der Waals surface area (Å²) in [7, 11) is 0. The molecule has 198 valence electrons. The predicted molar refractivity (Wildman–Crippen MR) is 143 cm³/mol. The largest absolute Gasteiger partial charge is 6.00 e. The molecule has 0 bridgehead atoms. The molecule has 0 spiro atoms.